The summed E-state index contributed by atoms with van der Waals surface area (Å²) in [5.41, 5.74) is 2.52. The third kappa shape index (κ3) is 2.91. The van der Waals surface area contributed by atoms with Gasteiger partial charge in [0, 0.05) is 4.47 Å². The van der Waals surface area contributed by atoms with Crippen LogP contribution in [0.1, 0.15) is 20.3 Å². The Labute approximate surface area is 117 Å². The second-order valence-electron chi connectivity index (χ2n) is 4.25. The van der Waals surface area contributed by atoms with E-state index < -0.39 is 0 Å². The SMILES string of the molecule is C/C=c1/cc(-c2ccc(Br)cc2)cc/c1=C/CC. The predicted octanol–water partition coefficient (Wildman–Crippen LogP) is 4.11. The summed E-state index contributed by atoms with van der Waals surface area (Å²) in [6.45, 7) is 4.26. The minimum Gasteiger partial charge on any atom is -0.0798 e. The molecule has 18 heavy (non-hydrogen) atoms. The first-order valence-corrected chi connectivity index (χ1v) is 7.06. The van der Waals surface area contributed by atoms with Crippen LogP contribution in [-0.4, -0.2) is 0 Å². The number of rotatable bonds is 2. The minimum atomic E-state index is 1.07. The zero-order valence-corrected chi connectivity index (χ0v) is 12.4. The third-order valence-electron chi connectivity index (χ3n) is 3.00. The fourth-order valence-corrected chi connectivity index (χ4v) is 2.32. The molecule has 2 aromatic carbocycles. The van der Waals surface area contributed by atoms with Crippen molar-refractivity contribution in [3.05, 3.63) is 57.4 Å². The number of hydrogen-bond acceptors (Lipinski definition) is 0. The van der Waals surface area contributed by atoms with Gasteiger partial charge in [0.2, 0.25) is 0 Å². The van der Waals surface area contributed by atoms with Crippen LogP contribution in [-0.2, 0) is 0 Å². The van der Waals surface area contributed by atoms with Crippen LogP contribution in [0, 0.1) is 0 Å². The summed E-state index contributed by atoms with van der Waals surface area (Å²) in [5, 5.41) is 2.62. The Hall–Kier alpha value is -1.34. The molecule has 0 saturated heterocycles. The Morgan fingerprint density at radius 2 is 1.61 bits per heavy atom. The Morgan fingerprint density at radius 1 is 0.944 bits per heavy atom. The third-order valence-corrected chi connectivity index (χ3v) is 3.53. The van der Waals surface area contributed by atoms with Gasteiger partial charge in [-0.2, -0.15) is 0 Å². The van der Waals surface area contributed by atoms with Gasteiger partial charge in [-0.3, -0.25) is 0 Å². The summed E-state index contributed by atoms with van der Waals surface area (Å²) in [6, 6.07) is 15.1. The first-order chi connectivity index (χ1) is 8.74. The van der Waals surface area contributed by atoms with E-state index in [4.69, 9.17) is 0 Å². The summed E-state index contributed by atoms with van der Waals surface area (Å²) in [6.07, 6.45) is 5.50. The summed E-state index contributed by atoms with van der Waals surface area (Å²) in [7, 11) is 0. The molecule has 0 aromatic heterocycles. The molecular formula is C17H17Br. The van der Waals surface area contributed by atoms with Crippen molar-refractivity contribution in [3.8, 4) is 11.1 Å². The standard InChI is InChI=1S/C17H17Br/c1-3-5-14-6-7-16(12-13(14)4-2)15-8-10-17(18)11-9-15/h4-12H,3H2,1-2H3/b13-4-,14-5-. The van der Waals surface area contributed by atoms with Crippen molar-refractivity contribution in [1.29, 1.82) is 0 Å². The molecule has 0 aliphatic rings. The smallest absolute Gasteiger partial charge is 0.0175 e. The fraction of sp³-hybridized carbons (Fsp3) is 0.176. The summed E-state index contributed by atoms with van der Waals surface area (Å²) < 4.78 is 1.12. The van der Waals surface area contributed by atoms with Crippen LogP contribution in [0.5, 0.6) is 0 Å². The summed E-state index contributed by atoms with van der Waals surface area (Å²) >= 11 is 3.47. The van der Waals surface area contributed by atoms with Crippen LogP contribution in [0.4, 0.5) is 0 Å². The first kappa shape index (κ1) is 13.1. The van der Waals surface area contributed by atoms with Gasteiger partial charge in [-0.15, -0.1) is 0 Å². The largest absolute Gasteiger partial charge is 0.0798 e. The van der Waals surface area contributed by atoms with Gasteiger partial charge in [-0.05, 0) is 53.1 Å². The highest BCUT2D eigenvalue weighted by molar-refractivity contribution is 9.10. The van der Waals surface area contributed by atoms with Crippen molar-refractivity contribution in [3.63, 3.8) is 0 Å². The number of halogens is 1. The molecule has 0 spiro atoms. The Bertz CT molecular complexity index is 636. The minimum absolute atomic E-state index is 1.07. The van der Waals surface area contributed by atoms with Crippen molar-refractivity contribution in [2.75, 3.05) is 0 Å². The maximum atomic E-state index is 3.47. The van der Waals surface area contributed by atoms with E-state index in [-0.39, 0.29) is 0 Å². The molecule has 0 atom stereocenters. The lowest BCUT2D eigenvalue weighted by Crippen LogP contribution is -2.23. The molecule has 92 valence electrons. The van der Waals surface area contributed by atoms with E-state index in [1.165, 1.54) is 21.6 Å². The quantitative estimate of drug-likeness (QED) is 0.783. The lowest BCUT2D eigenvalue weighted by atomic mass is 10.0. The van der Waals surface area contributed by atoms with E-state index in [0.717, 1.165) is 10.9 Å². The zero-order valence-electron chi connectivity index (χ0n) is 10.8. The van der Waals surface area contributed by atoms with E-state index >= 15 is 0 Å². The lowest BCUT2D eigenvalue weighted by molar-refractivity contribution is 1.28. The molecule has 0 N–H and O–H groups in total. The molecule has 0 saturated carbocycles. The Kier molecular flexibility index (Phi) is 4.38. The second-order valence-corrected chi connectivity index (χ2v) is 5.17. The maximum absolute atomic E-state index is 3.47. The molecule has 0 heterocycles. The predicted molar refractivity (Wildman–Crippen MR) is 83.7 cm³/mol. The molecule has 0 nitrogen and oxygen atoms in total. The van der Waals surface area contributed by atoms with Gasteiger partial charge < -0.3 is 0 Å². The fourth-order valence-electron chi connectivity index (χ4n) is 2.05. The molecule has 0 bridgehead atoms. The molecule has 0 radical (unpaired) electrons. The summed E-state index contributed by atoms with van der Waals surface area (Å²) in [5.74, 6) is 0. The van der Waals surface area contributed by atoms with E-state index in [1.807, 2.05) is 0 Å². The van der Waals surface area contributed by atoms with Crippen molar-refractivity contribution in [2.45, 2.75) is 20.3 Å². The van der Waals surface area contributed by atoms with Gasteiger partial charge in [0.15, 0.2) is 0 Å². The molecule has 1 heteroatoms. The highest BCUT2D eigenvalue weighted by Crippen LogP contribution is 2.19. The maximum Gasteiger partial charge on any atom is 0.0175 e. The van der Waals surface area contributed by atoms with Crippen LogP contribution in [0.25, 0.3) is 23.3 Å². The van der Waals surface area contributed by atoms with Gasteiger partial charge in [-0.25, -0.2) is 0 Å². The molecule has 0 aliphatic heterocycles. The van der Waals surface area contributed by atoms with Gasteiger partial charge >= 0.3 is 0 Å². The van der Waals surface area contributed by atoms with E-state index in [0.29, 0.717) is 0 Å². The Morgan fingerprint density at radius 3 is 2.22 bits per heavy atom. The molecular weight excluding hydrogens is 284 g/mol. The topological polar surface area (TPSA) is 0 Å². The Balaban J connectivity index is 2.55. The summed E-state index contributed by atoms with van der Waals surface area (Å²) in [4.78, 5) is 0. The lowest BCUT2D eigenvalue weighted by Gasteiger charge is -2.02. The van der Waals surface area contributed by atoms with Crippen LogP contribution in [0.3, 0.4) is 0 Å². The van der Waals surface area contributed by atoms with Gasteiger partial charge in [-0.1, -0.05) is 59.3 Å². The number of benzene rings is 2. The van der Waals surface area contributed by atoms with E-state index in [2.05, 4.69) is 84.4 Å². The van der Waals surface area contributed by atoms with Crippen LogP contribution in [0.2, 0.25) is 0 Å². The zero-order chi connectivity index (χ0) is 13.0. The highest BCUT2D eigenvalue weighted by Gasteiger charge is 1.97. The monoisotopic (exact) mass is 300 g/mol. The average molecular weight is 301 g/mol. The van der Waals surface area contributed by atoms with Crippen LogP contribution in [0.15, 0.2) is 46.9 Å². The van der Waals surface area contributed by atoms with Gasteiger partial charge in [0.25, 0.3) is 0 Å². The number of hydrogen-bond donors (Lipinski definition) is 0. The second kappa shape index (κ2) is 6.01. The van der Waals surface area contributed by atoms with Gasteiger partial charge in [0.05, 0.1) is 0 Å². The highest BCUT2D eigenvalue weighted by atomic mass is 79.9. The molecule has 2 aromatic rings. The van der Waals surface area contributed by atoms with Gasteiger partial charge in [0.1, 0.15) is 0 Å². The van der Waals surface area contributed by atoms with Crippen molar-refractivity contribution >= 4 is 28.1 Å². The molecule has 0 fully saturated rings. The van der Waals surface area contributed by atoms with Crippen molar-refractivity contribution < 1.29 is 0 Å². The molecule has 0 aliphatic carbocycles. The van der Waals surface area contributed by atoms with Crippen molar-refractivity contribution in [2.24, 2.45) is 0 Å². The average Bonchev–Trinajstić information content (AvgIpc) is 2.40. The molecule has 0 unspecified atom stereocenters. The molecule has 0 amide bonds. The van der Waals surface area contributed by atoms with Crippen LogP contribution >= 0.6 is 15.9 Å². The molecule has 2 rings (SSSR count). The first-order valence-electron chi connectivity index (χ1n) is 6.27. The van der Waals surface area contributed by atoms with Crippen molar-refractivity contribution in [1.82, 2.24) is 0 Å². The normalized spacial score (nSPS) is 13.1. The van der Waals surface area contributed by atoms with E-state index in [9.17, 15) is 0 Å². The van der Waals surface area contributed by atoms with Crippen LogP contribution < -0.4 is 10.4 Å². The van der Waals surface area contributed by atoms with E-state index in [1.54, 1.807) is 0 Å².